The van der Waals surface area contributed by atoms with Crippen LogP contribution < -0.4 is 0 Å². The van der Waals surface area contributed by atoms with Crippen LogP contribution in [0.15, 0.2) is 36.4 Å². The number of aliphatic hydroxyl groups excluding tert-OH is 2. The average molecular weight is 521 g/mol. The summed E-state index contributed by atoms with van der Waals surface area (Å²) in [6, 6.07) is 11.6. The van der Waals surface area contributed by atoms with Crippen molar-refractivity contribution < 1.29 is 19.8 Å². The Morgan fingerprint density at radius 2 is 0.974 bits per heavy atom. The summed E-state index contributed by atoms with van der Waals surface area (Å²) in [7, 11) is 0. The van der Waals surface area contributed by atoms with E-state index < -0.39 is 0 Å². The van der Waals surface area contributed by atoms with Crippen molar-refractivity contribution in [3.05, 3.63) is 69.8 Å². The van der Waals surface area contributed by atoms with Crippen LogP contribution in [0.1, 0.15) is 136 Å². The van der Waals surface area contributed by atoms with Crippen LogP contribution in [0.25, 0.3) is 0 Å². The third-order valence-corrected chi connectivity index (χ3v) is 8.82. The molecule has 0 saturated carbocycles. The van der Waals surface area contributed by atoms with Crippen LogP contribution in [0.5, 0.6) is 0 Å². The normalized spacial score (nSPS) is 15.3. The predicted octanol–water partition coefficient (Wildman–Crippen LogP) is 7.39. The van der Waals surface area contributed by atoms with Crippen LogP contribution in [0.4, 0.5) is 0 Å². The molecule has 3 rings (SSSR count). The molecule has 0 saturated heterocycles. The molecule has 0 fully saturated rings. The van der Waals surface area contributed by atoms with Gasteiger partial charge in [-0.3, -0.25) is 9.59 Å². The zero-order valence-electron chi connectivity index (χ0n) is 24.4. The van der Waals surface area contributed by atoms with Gasteiger partial charge in [0.15, 0.2) is 11.6 Å². The van der Waals surface area contributed by atoms with Crippen molar-refractivity contribution in [1.82, 2.24) is 0 Å². The summed E-state index contributed by atoms with van der Waals surface area (Å²) in [6.45, 7) is 13.6. The maximum atomic E-state index is 13.8. The molecule has 0 amide bonds. The predicted molar refractivity (Wildman–Crippen MR) is 155 cm³/mol. The van der Waals surface area contributed by atoms with Gasteiger partial charge in [-0.25, -0.2) is 0 Å². The molecule has 0 spiro atoms. The first-order chi connectivity index (χ1) is 17.9. The quantitative estimate of drug-likeness (QED) is 0.232. The molecule has 0 radical (unpaired) electrons. The molecule has 0 aliphatic heterocycles. The fourth-order valence-corrected chi connectivity index (χ4v) is 5.80. The number of aliphatic hydroxyl groups is 2. The van der Waals surface area contributed by atoms with Crippen molar-refractivity contribution in [2.75, 3.05) is 13.2 Å². The van der Waals surface area contributed by atoms with E-state index in [1.807, 2.05) is 36.4 Å². The highest BCUT2D eigenvalue weighted by molar-refractivity contribution is 6.28. The lowest BCUT2D eigenvalue weighted by Gasteiger charge is -2.29. The van der Waals surface area contributed by atoms with E-state index >= 15 is 0 Å². The minimum atomic E-state index is -0.116. The van der Waals surface area contributed by atoms with Crippen molar-refractivity contribution in [1.29, 1.82) is 0 Å². The molecule has 0 aromatic heterocycles. The van der Waals surface area contributed by atoms with Gasteiger partial charge in [0.25, 0.3) is 0 Å². The summed E-state index contributed by atoms with van der Waals surface area (Å²) < 4.78 is 0. The number of carbonyl (C=O) groups is 2. The highest BCUT2D eigenvalue weighted by atomic mass is 16.3. The molecule has 2 aromatic rings. The van der Waals surface area contributed by atoms with Gasteiger partial charge in [0.05, 0.1) is 0 Å². The maximum absolute atomic E-state index is 13.8. The zero-order chi connectivity index (χ0) is 28.1. The SMILES string of the molecule is CC(CCO)CCCC(C)(C)c1ccc2c(c1)C(=O)c1cc(C(C)(C)CCCC(C)CCO)ccc1C2=O. The number of hydrogen-bond acceptors (Lipinski definition) is 4. The summed E-state index contributed by atoms with van der Waals surface area (Å²) in [5, 5.41) is 18.3. The molecule has 1 aliphatic rings. The summed E-state index contributed by atoms with van der Waals surface area (Å²) >= 11 is 0. The molecule has 208 valence electrons. The number of carbonyl (C=O) groups excluding carboxylic acids is 2. The van der Waals surface area contributed by atoms with E-state index in [0.29, 0.717) is 34.1 Å². The fourth-order valence-electron chi connectivity index (χ4n) is 5.80. The largest absolute Gasteiger partial charge is 0.396 e. The van der Waals surface area contributed by atoms with Crippen molar-refractivity contribution >= 4 is 11.6 Å². The minimum absolute atomic E-state index is 0.0574. The van der Waals surface area contributed by atoms with Crippen molar-refractivity contribution in [3.63, 3.8) is 0 Å². The highest BCUT2D eigenvalue weighted by Crippen LogP contribution is 2.37. The molecule has 4 heteroatoms. The number of rotatable bonds is 14. The summed E-state index contributed by atoms with van der Waals surface area (Å²) in [5.74, 6) is 0.867. The second kappa shape index (κ2) is 12.7. The Kier molecular flexibility index (Phi) is 10.1. The lowest BCUT2D eigenvalue weighted by atomic mass is 9.74. The molecule has 1 aliphatic carbocycles. The second-order valence-electron chi connectivity index (χ2n) is 13.0. The first-order valence-corrected chi connectivity index (χ1v) is 14.5. The van der Waals surface area contributed by atoms with E-state index in [-0.39, 0.29) is 35.6 Å². The Bertz CT molecular complexity index is 1040. The Morgan fingerprint density at radius 3 is 1.34 bits per heavy atom. The summed E-state index contributed by atoms with van der Waals surface area (Å²) in [4.78, 5) is 27.2. The van der Waals surface area contributed by atoms with Gasteiger partial charge in [-0.05, 0) is 83.7 Å². The van der Waals surface area contributed by atoms with Crippen LogP contribution in [-0.4, -0.2) is 35.0 Å². The third kappa shape index (κ3) is 7.01. The molecule has 2 aromatic carbocycles. The first kappa shape index (κ1) is 30.2. The lowest BCUT2D eigenvalue weighted by molar-refractivity contribution is 0.0978. The van der Waals surface area contributed by atoms with Crippen molar-refractivity contribution in [3.8, 4) is 0 Å². The maximum Gasteiger partial charge on any atom is 0.194 e. The van der Waals surface area contributed by atoms with E-state index in [1.165, 1.54) is 0 Å². The van der Waals surface area contributed by atoms with Crippen LogP contribution in [-0.2, 0) is 10.8 Å². The van der Waals surface area contributed by atoms with Crippen LogP contribution in [0, 0.1) is 11.8 Å². The van der Waals surface area contributed by atoms with Crippen molar-refractivity contribution in [2.24, 2.45) is 11.8 Å². The van der Waals surface area contributed by atoms with Crippen LogP contribution >= 0.6 is 0 Å². The Balaban J connectivity index is 1.81. The first-order valence-electron chi connectivity index (χ1n) is 14.5. The van der Waals surface area contributed by atoms with Gasteiger partial charge in [-0.1, -0.05) is 79.4 Å². The highest BCUT2D eigenvalue weighted by Gasteiger charge is 2.33. The van der Waals surface area contributed by atoms with Crippen LogP contribution in [0.3, 0.4) is 0 Å². The van der Waals surface area contributed by atoms with Gasteiger partial charge < -0.3 is 10.2 Å². The lowest BCUT2D eigenvalue weighted by Crippen LogP contribution is -2.25. The molecule has 0 heterocycles. The fraction of sp³-hybridized carbons (Fsp3) is 0.588. The summed E-state index contributed by atoms with van der Waals surface area (Å²) in [5.41, 5.74) is 3.99. The van der Waals surface area contributed by atoms with E-state index in [2.05, 4.69) is 41.5 Å². The van der Waals surface area contributed by atoms with Gasteiger partial charge in [0.1, 0.15) is 0 Å². The second-order valence-corrected chi connectivity index (χ2v) is 13.0. The minimum Gasteiger partial charge on any atom is -0.396 e. The van der Waals surface area contributed by atoms with Gasteiger partial charge in [0, 0.05) is 35.5 Å². The Labute approximate surface area is 229 Å². The third-order valence-electron chi connectivity index (χ3n) is 8.82. The smallest absolute Gasteiger partial charge is 0.194 e. The monoisotopic (exact) mass is 520 g/mol. The number of hydrogen-bond donors (Lipinski definition) is 2. The molecular formula is C34H48O4. The zero-order valence-corrected chi connectivity index (χ0v) is 24.4. The van der Waals surface area contributed by atoms with E-state index in [9.17, 15) is 19.8 Å². The number of ketones is 2. The molecule has 2 unspecified atom stereocenters. The topological polar surface area (TPSA) is 74.6 Å². The molecule has 2 atom stereocenters. The molecule has 4 nitrogen and oxygen atoms in total. The van der Waals surface area contributed by atoms with Crippen molar-refractivity contribution in [2.45, 2.75) is 104 Å². The van der Waals surface area contributed by atoms with Gasteiger partial charge in [0.2, 0.25) is 0 Å². The van der Waals surface area contributed by atoms with Gasteiger partial charge >= 0.3 is 0 Å². The summed E-state index contributed by atoms with van der Waals surface area (Å²) in [6.07, 6.45) is 7.87. The van der Waals surface area contributed by atoms with E-state index in [0.717, 1.165) is 62.5 Å². The average Bonchev–Trinajstić information content (AvgIpc) is 2.86. The van der Waals surface area contributed by atoms with Gasteiger partial charge in [-0.15, -0.1) is 0 Å². The molecule has 38 heavy (non-hydrogen) atoms. The van der Waals surface area contributed by atoms with Gasteiger partial charge in [-0.2, -0.15) is 0 Å². The van der Waals surface area contributed by atoms with Crippen LogP contribution in [0.2, 0.25) is 0 Å². The molecule has 2 N–H and O–H groups in total. The standard InChI is InChI=1S/C34H48O4/c1-23(15-19-35)9-7-17-33(3,4)25-11-13-27-29(21-25)32(38)30-22-26(12-14-28(30)31(27)37)34(5,6)18-8-10-24(2)16-20-36/h11-14,21-24,35-36H,7-10,15-20H2,1-6H3. The number of benzene rings is 2. The van der Waals surface area contributed by atoms with E-state index in [1.54, 1.807) is 0 Å². The Morgan fingerprint density at radius 1 is 0.605 bits per heavy atom. The molecular weight excluding hydrogens is 472 g/mol. The Hall–Kier alpha value is -2.30. The molecule has 0 bridgehead atoms. The number of fused-ring (bicyclic) bond motifs is 2. The van der Waals surface area contributed by atoms with E-state index in [4.69, 9.17) is 0 Å².